The van der Waals surface area contributed by atoms with Crippen molar-refractivity contribution in [3.8, 4) is 0 Å². The highest BCUT2D eigenvalue weighted by atomic mass is 32.1. The maximum atomic E-state index is 12.1. The number of hydrogen-bond acceptors (Lipinski definition) is 5. The fraction of sp³-hybridized carbons (Fsp3) is 0.571. The standard InChI is InChI=1S/C7H9F3N4OS/c1-14(2)4(15)3-11-6-13-12-5(16-6)7(8,9)10/h3H2,1-2H3,(H,11,13). The summed E-state index contributed by atoms with van der Waals surface area (Å²) in [6, 6.07) is 0. The van der Waals surface area contributed by atoms with Crippen LogP contribution in [0, 0.1) is 0 Å². The van der Waals surface area contributed by atoms with Crippen LogP contribution < -0.4 is 5.32 Å². The number of amides is 1. The van der Waals surface area contributed by atoms with Gasteiger partial charge in [0, 0.05) is 14.1 Å². The first-order valence-corrected chi connectivity index (χ1v) is 4.97. The van der Waals surface area contributed by atoms with Crippen LogP contribution in [0.1, 0.15) is 5.01 Å². The molecule has 0 saturated heterocycles. The second-order valence-electron chi connectivity index (χ2n) is 3.05. The maximum Gasteiger partial charge on any atom is 0.445 e. The summed E-state index contributed by atoms with van der Waals surface area (Å²) in [5, 5.41) is 7.66. The summed E-state index contributed by atoms with van der Waals surface area (Å²) in [7, 11) is 3.09. The van der Waals surface area contributed by atoms with Crippen molar-refractivity contribution in [2.45, 2.75) is 6.18 Å². The number of nitrogens with zero attached hydrogens (tertiary/aromatic N) is 3. The second-order valence-corrected chi connectivity index (χ2v) is 4.03. The van der Waals surface area contributed by atoms with Gasteiger partial charge in [0.25, 0.3) is 0 Å². The molecule has 1 rings (SSSR count). The highest BCUT2D eigenvalue weighted by Crippen LogP contribution is 2.32. The van der Waals surface area contributed by atoms with E-state index in [-0.39, 0.29) is 17.6 Å². The molecule has 0 atom stereocenters. The van der Waals surface area contributed by atoms with Gasteiger partial charge in [-0.2, -0.15) is 13.2 Å². The van der Waals surface area contributed by atoms with E-state index in [2.05, 4.69) is 15.5 Å². The maximum absolute atomic E-state index is 12.1. The topological polar surface area (TPSA) is 58.1 Å². The van der Waals surface area contributed by atoms with Gasteiger partial charge in [-0.05, 0) is 0 Å². The molecule has 0 bridgehead atoms. The third kappa shape index (κ3) is 3.33. The largest absolute Gasteiger partial charge is 0.445 e. The molecule has 1 amide bonds. The van der Waals surface area contributed by atoms with Gasteiger partial charge in [0.15, 0.2) is 0 Å². The fourth-order valence-corrected chi connectivity index (χ4v) is 1.33. The Morgan fingerprint density at radius 1 is 1.44 bits per heavy atom. The zero-order valence-corrected chi connectivity index (χ0v) is 9.32. The van der Waals surface area contributed by atoms with E-state index >= 15 is 0 Å². The van der Waals surface area contributed by atoms with Crippen LogP contribution in [0.25, 0.3) is 0 Å². The van der Waals surface area contributed by atoms with E-state index in [1.807, 2.05) is 0 Å². The van der Waals surface area contributed by atoms with Gasteiger partial charge < -0.3 is 10.2 Å². The number of nitrogens with one attached hydrogen (secondary N) is 1. The Balaban J connectivity index is 2.57. The molecule has 0 spiro atoms. The Morgan fingerprint density at radius 2 is 2.06 bits per heavy atom. The van der Waals surface area contributed by atoms with Gasteiger partial charge in [-0.1, -0.05) is 11.3 Å². The van der Waals surface area contributed by atoms with Crippen LogP contribution in [-0.2, 0) is 11.0 Å². The van der Waals surface area contributed by atoms with Crippen LogP contribution in [0.15, 0.2) is 0 Å². The number of alkyl halides is 3. The van der Waals surface area contributed by atoms with Crippen LogP contribution in [0.5, 0.6) is 0 Å². The molecular formula is C7H9F3N4OS. The number of hydrogen-bond donors (Lipinski definition) is 1. The molecule has 1 aromatic rings. The van der Waals surface area contributed by atoms with Crippen molar-refractivity contribution in [3.05, 3.63) is 5.01 Å². The minimum atomic E-state index is -4.50. The van der Waals surface area contributed by atoms with Crippen molar-refractivity contribution in [1.29, 1.82) is 0 Å². The first-order valence-electron chi connectivity index (χ1n) is 4.15. The Bertz CT molecular complexity index is 376. The molecule has 0 unspecified atom stereocenters. The first kappa shape index (κ1) is 12.7. The summed E-state index contributed by atoms with van der Waals surface area (Å²) in [5.74, 6) is -0.260. The van der Waals surface area contributed by atoms with Gasteiger partial charge in [0.1, 0.15) is 0 Å². The molecule has 0 radical (unpaired) electrons. The first-order chi connectivity index (χ1) is 7.30. The SMILES string of the molecule is CN(C)C(=O)CNc1nnc(C(F)(F)F)s1. The highest BCUT2D eigenvalue weighted by Gasteiger charge is 2.35. The number of halogens is 3. The van der Waals surface area contributed by atoms with Crippen LogP contribution in [0.3, 0.4) is 0 Å². The van der Waals surface area contributed by atoms with Crippen LogP contribution >= 0.6 is 11.3 Å². The molecule has 0 saturated carbocycles. The summed E-state index contributed by atoms with van der Waals surface area (Å²) in [6.07, 6.45) is -4.50. The monoisotopic (exact) mass is 254 g/mol. The predicted molar refractivity (Wildman–Crippen MR) is 52.1 cm³/mol. The second kappa shape index (κ2) is 4.64. The van der Waals surface area contributed by atoms with Gasteiger partial charge in [-0.25, -0.2) is 0 Å². The van der Waals surface area contributed by atoms with Crippen molar-refractivity contribution in [2.24, 2.45) is 0 Å². The summed E-state index contributed by atoms with van der Waals surface area (Å²) in [4.78, 5) is 12.4. The van der Waals surface area contributed by atoms with Crippen LogP contribution in [0.2, 0.25) is 0 Å². The molecule has 1 aromatic heterocycles. The molecule has 90 valence electrons. The van der Waals surface area contributed by atoms with E-state index < -0.39 is 11.2 Å². The molecule has 5 nitrogen and oxygen atoms in total. The molecular weight excluding hydrogens is 245 g/mol. The lowest BCUT2D eigenvalue weighted by molar-refractivity contribution is -0.138. The Hall–Kier alpha value is -1.38. The molecule has 1 heterocycles. The lowest BCUT2D eigenvalue weighted by Gasteiger charge is -2.09. The van der Waals surface area contributed by atoms with Gasteiger partial charge >= 0.3 is 6.18 Å². The number of aromatic nitrogens is 2. The van der Waals surface area contributed by atoms with Crippen molar-refractivity contribution in [2.75, 3.05) is 26.0 Å². The van der Waals surface area contributed by atoms with Gasteiger partial charge in [-0.3, -0.25) is 4.79 Å². The van der Waals surface area contributed by atoms with E-state index in [0.717, 1.165) is 0 Å². The summed E-state index contributed by atoms with van der Waals surface area (Å²) >= 11 is 0.364. The van der Waals surface area contributed by atoms with Crippen molar-refractivity contribution in [3.63, 3.8) is 0 Å². The van der Waals surface area contributed by atoms with Gasteiger partial charge in [0.2, 0.25) is 16.0 Å². The quantitative estimate of drug-likeness (QED) is 0.876. The summed E-state index contributed by atoms with van der Waals surface area (Å²) in [5.41, 5.74) is 0. The van der Waals surface area contributed by atoms with Crippen LogP contribution in [-0.4, -0.2) is 41.6 Å². The third-order valence-corrected chi connectivity index (χ3v) is 2.48. The molecule has 0 aliphatic heterocycles. The predicted octanol–water partition coefficient (Wildman–Crippen LogP) is 1.06. The van der Waals surface area contributed by atoms with Crippen molar-refractivity contribution < 1.29 is 18.0 Å². The average Bonchev–Trinajstić information content (AvgIpc) is 2.61. The van der Waals surface area contributed by atoms with E-state index in [1.54, 1.807) is 14.1 Å². The zero-order chi connectivity index (χ0) is 12.3. The average molecular weight is 254 g/mol. The van der Waals surface area contributed by atoms with E-state index in [9.17, 15) is 18.0 Å². The molecule has 1 N–H and O–H groups in total. The number of anilines is 1. The lowest BCUT2D eigenvalue weighted by atomic mass is 10.5. The Morgan fingerprint density at radius 3 is 2.50 bits per heavy atom. The summed E-state index contributed by atoms with van der Waals surface area (Å²) in [6.45, 7) is -0.112. The Kier molecular flexibility index (Phi) is 3.68. The van der Waals surface area contributed by atoms with Crippen LogP contribution in [0.4, 0.5) is 18.3 Å². The highest BCUT2D eigenvalue weighted by molar-refractivity contribution is 7.15. The smallest absolute Gasteiger partial charge is 0.351 e. The summed E-state index contributed by atoms with van der Waals surface area (Å²) < 4.78 is 36.4. The van der Waals surface area contributed by atoms with E-state index in [1.165, 1.54) is 4.90 Å². The minimum Gasteiger partial charge on any atom is -0.351 e. The number of carbonyl (C=O) groups excluding carboxylic acids is 1. The van der Waals surface area contributed by atoms with Gasteiger partial charge in [-0.15, -0.1) is 10.2 Å². The van der Waals surface area contributed by atoms with Crippen molar-refractivity contribution >= 4 is 22.4 Å². The molecule has 16 heavy (non-hydrogen) atoms. The minimum absolute atomic E-state index is 0.0254. The van der Waals surface area contributed by atoms with E-state index in [4.69, 9.17) is 0 Å². The molecule has 0 aliphatic carbocycles. The Labute approximate surface area is 93.3 Å². The normalized spacial score (nSPS) is 11.3. The fourth-order valence-electron chi connectivity index (χ4n) is 0.719. The molecule has 0 aromatic carbocycles. The third-order valence-electron chi connectivity index (χ3n) is 1.56. The van der Waals surface area contributed by atoms with Gasteiger partial charge in [0.05, 0.1) is 6.54 Å². The lowest BCUT2D eigenvalue weighted by Crippen LogP contribution is -2.28. The molecule has 9 heteroatoms. The van der Waals surface area contributed by atoms with E-state index in [0.29, 0.717) is 11.3 Å². The number of carbonyl (C=O) groups is 1. The van der Waals surface area contributed by atoms with Crippen molar-refractivity contribution in [1.82, 2.24) is 15.1 Å². The zero-order valence-electron chi connectivity index (χ0n) is 8.50. The molecule has 0 fully saturated rings. The number of likely N-dealkylation sites (N-methyl/N-ethyl adjacent to an activating group) is 1. The number of rotatable bonds is 3. The molecule has 0 aliphatic rings.